The Bertz CT molecular complexity index is 805. The van der Waals surface area contributed by atoms with Crippen molar-refractivity contribution in [1.82, 2.24) is 4.31 Å². The highest BCUT2D eigenvalue weighted by molar-refractivity contribution is 7.89. The summed E-state index contributed by atoms with van der Waals surface area (Å²) in [6, 6.07) is 14.0. The first-order valence-electron chi connectivity index (χ1n) is 9.16. The van der Waals surface area contributed by atoms with E-state index in [1.807, 2.05) is 28.6 Å². The van der Waals surface area contributed by atoms with Gasteiger partial charge < -0.3 is 9.29 Å². The topological polar surface area (TPSA) is 52.6 Å². The molecule has 2 aromatic rings. The zero-order chi connectivity index (χ0) is 18.5. The van der Waals surface area contributed by atoms with Gasteiger partial charge in [-0.25, -0.2) is 4.79 Å². The van der Waals surface area contributed by atoms with Crippen molar-refractivity contribution in [3.8, 4) is 0 Å². The maximum atomic E-state index is 12.8. The summed E-state index contributed by atoms with van der Waals surface area (Å²) in [6.07, 6.45) is 3.77. The molecule has 1 aliphatic rings. The van der Waals surface area contributed by atoms with Crippen LogP contribution in [0.15, 0.2) is 54.1 Å². The average molecular weight is 372 g/mol. The molecule has 26 heavy (non-hydrogen) atoms. The Morgan fingerprint density at radius 1 is 1.23 bits per heavy atom. The van der Waals surface area contributed by atoms with Crippen LogP contribution in [0.25, 0.3) is 10.8 Å². The Hall–Kier alpha value is -1.82. The molecule has 4 nitrogen and oxygen atoms in total. The summed E-state index contributed by atoms with van der Waals surface area (Å²) in [5, 5.41) is 2.26. The van der Waals surface area contributed by atoms with Crippen molar-refractivity contribution >= 4 is 28.1 Å². The Morgan fingerprint density at radius 2 is 2.00 bits per heavy atom. The van der Waals surface area contributed by atoms with Crippen molar-refractivity contribution in [2.24, 2.45) is 0 Å². The maximum Gasteiger partial charge on any atom is 0.335 e. The molecule has 0 radical (unpaired) electrons. The molecule has 0 aromatic heterocycles. The molecule has 0 unspecified atom stereocenters. The molecule has 138 valence electrons. The van der Waals surface area contributed by atoms with Crippen LogP contribution in [-0.4, -0.2) is 33.7 Å². The minimum atomic E-state index is -1.13. The number of carbonyl (C=O) groups excluding carboxylic acids is 1. The lowest BCUT2D eigenvalue weighted by Gasteiger charge is -2.28. The van der Waals surface area contributed by atoms with E-state index in [2.05, 4.69) is 31.2 Å². The van der Waals surface area contributed by atoms with E-state index >= 15 is 0 Å². The summed E-state index contributed by atoms with van der Waals surface area (Å²) in [5.41, 5.74) is 1.57. The molecule has 5 heteroatoms. The van der Waals surface area contributed by atoms with Crippen molar-refractivity contribution in [3.63, 3.8) is 0 Å². The summed E-state index contributed by atoms with van der Waals surface area (Å²) in [5.74, 6) is 0.297. The molecular formula is C21H25NO3S. The second kappa shape index (κ2) is 8.71. The molecule has 0 bridgehead atoms. The van der Waals surface area contributed by atoms with E-state index in [0.29, 0.717) is 24.5 Å². The van der Waals surface area contributed by atoms with Crippen molar-refractivity contribution in [2.75, 3.05) is 18.9 Å². The van der Waals surface area contributed by atoms with E-state index in [1.165, 1.54) is 0 Å². The van der Waals surface area contributed by atoms with Gasteiger partial charge in [0, 0.05) is 11.4 Å². The average Bonchev–Trinajstić information content (AvgIpc) is 3.11. The van der Waals surface area contributed by atoms with Crippen molar-refractivity contribution in [3.05, 3.63) is 59.7 Å². The normalized spacial score (nSPS) is 18.7. The number of esters is 1. The summed E-state index contributed by atoms with van der Waals surface area (Å²) < 4.78 is 20.0. The molecule has 0 spiro atoms. The summed E-state index contributed by atoms with van der Waals surface area (Å²) in [7, 11) is 0. The fourth-order valence-electron chi connectivity index (χ4n) is 3.28. The molecule has 3 rings (SSSR count). The Balaban J connectivity index is 1.96. The minimum Gasteiger partial charge on any atom is -0.598 e. The number of fused-ring (bicyclic) bond motifs is 1. The molecule has 0 saturated carbocycles. The van der Waals surface area contributed by atoms with Gasteiger partial charge in [-0.05, 0) is 35.7 Å². The van der Waals surface area contributed by atoms with Gasteiger partial charge in [-0.1, -0.05) is 55.8 Å². The lowest BCUT2D eigenvalue weighted by Crippen LogP contribution is -2.35. The van der Waals surface area contributed by atoms with Crippen LogP contribution >= 0.6 is 0 Å². The third-order valence-electron chi connectivity index (χ3n) is 4.61. The number of carbonyl (C=O) groups is 1. The van der Waals surface area contributed by atoms with Gasteiger partial charge in [-0.2, -0.15) is 0 Å². The molecule has 1 aliphatic heterocycles. The predicted octanol–water partition coefficient (Wildman–Crippen LogP) is 4.15. The van der Waals surface area contributed by atoms with Gasteiger partial charge in [0.05, 0.1) is 18.7 Å². The molecule has 2 aromatic carbocycles. The maximum absolute atomic E-state index is 12.8. The number of benzene rings is 2. The molecule has 0 amide bonds. The molecule has 2 atom stereocenters. The summed E-state index contributed by atoms with van der Waals surface area (Å²) >= 11 is -1.13. The van der Waals surface area contributed by atoms with Crippen LogP contribution in [-0.2, 0) is 20.9 Å². The second-order valence-electron chi connectivity index (χ2n) is 6.37. The predicted molar refractivity (Wildman–Crippen MR) is 106 cm³/mol. The molecule has 0 saturated heterocycles. The number of nitrogens with zero attached hydrogens (tertiary/aromatic N) is 1. The van der Waals surface area contributed by atoms with Crippen LogP contribution in [0.2, 0.25) is 0 Å². The van der Waals surface area contributed by atoms with Gasteiger partial charge in [0.1, 0.15) is 11.8 Å². The molecule has 0 N–H and O–H groups in total. The lowest BCUT2D eigenvalue weighted by atomic mass is 9.98. The molecule has 0 aliphatic carbocycles. The van der Waals surface area contributed by atoms with Gasteiger partial charge >= 0.3 is 5.97 Å². The monoisotopic (exact) mass is 371 g/mol. The number of ether oxygens (including phenoxy) is 1. The fourth-order valence-corrected chi connectivity index (χ4v) is 4.76. The molecule has 1 heterocycles. The first-order valence-corrected chi connectivity index (χ1v) is 10.4. The van der Waals surface area contributed by atoms with Gasteiger partial charge in [0.25, 0.3) is 0 Å². The summed E-state index contributed by atoms with van der Waals surface area (Å²) in [4.78, 5) is 12.5. The zero-order valence-electron chi connectivity index (χ0n) is 15.3. The van der Waals surface area contributed by atoms with E-state index in [-0.39, 0.29) is 12.0 Å². The van der Waals surface area contributed by atoms with Crippen molar-refractivity contribution in [2.45, 2.75) is 32.7 Å². The highest BCUT2D eigenvalue weighted by atomic mass is 32.2. The second-order valence-corrected chi connectivity index (χ2v) is 7.89. The van der Waals surface area contributed by atoms with Crippen LogP contribution in [0.4, 0.5) is 0 Å². The Labute approximate surface area is 158 Å². The zero-order valence-corrected chi connectivity index (χ0v) is 16.1. The number of rotatable bonds is 7. The highest BCUT2D eigenvalue weighted by Gasteiger charge is 2.40. The van der Waals surface area contributed by atoms with E-state index in [9.17, 15) is 9.35 Å². The third kappa shape index (κ3) is 3.95. The van der Waals surface area contributed by atoms with Crippen LogP contribution in [0, 0.1) is 0 Å². The van der Waals surface area contributed by atoms with Crippen LogP contribution in [0.5, 0.6) is 0 Å². The summed E-state index contributed by atoms with van der Waals surface area (Å²) in [6.45, 7) is 4.72. The minimum absolute atomic E-state index is 0.319. The van der Waals surface area contributed by atoms with E-state index in [4.69, 9.17) is 4.74 Å². The number of hydrogen-bond acceptors (Lipinski definition) is 4. The largest absolute Gasteiger partial charge is 0.598 e. The SMILES string of the molecule is CCCC[S@+]([O-])N1CC=C(C(=O)OCC)[C@@H]1c1ccc2ccccc2c1. The molecular weight excluding hydrogens is 346 g/mol. The van der Waals surface area contributed by atoms with E-state index < -0.39 is 11.4 Å². The van der Waals surface area contributed by atoms with Gasteiger partial charge in [0.2, 0.25) is 0 Å². The smallest absolute Gasteiger partial charge is 0.335 e. The van der Waals surface area contributed by atoms with Gasteiger partial charge in [-0.3, -0.25) is 0 Å². The fraction of sp³-hybridized carbons (Fsp3) is 0.381. The van der Waals surface area contributed by atoms with Crippen LogP contribution in [0.3, 0.4) is 0 Å². The highest BCUT2D eigenvalue weighted by Crippen LogP contribution is 2.37. The number of hydrogen-bond donors (Lipinski definition) is 0. The number of unbranched alkanes of at least 4 members (excludes halogenated alkanes) is 1. The lowest BCUT2D eigenvalue weighted by molar-refractivity contribution is -0.138. The van der Waals surface area contributed by atoms with E-state index in [0.717, 1.165) is 29.2 Å². The van der Waals surface area contributed by atoms with Crippen molar-refractivity contribution in [1.29, 1.82) is 0 Å². The Kier molecular flexibility index (Phi) is 6.35. The van der Waals surface area contributed by atoms with Gasteiger partial charge in [0.15, 0.2) is 0 Å². The molecule has 0 fully saturated rings. The quantitative estimate of drug-likeness (QED) is 0.542. The Morgan fingerprint density at radius 3 is 2.73 bits per heavy atom. The third-order valence-corrected chi connectivity index (χ3v) is 6.13. The standard InChI is InChI=1S/C21H25NO3S/c1-3-5-14-26(24)22-13-12-19(21(23)25-4-2)20(22)18-11-10-16-8-6-7-9-17(16)15-18/h6-12,15,20H,3-5,13-14H2,1-2H3/t20-,26-/m0/s1. The van der Waals surface area contributed by atoms with Gasteiger partial charge in [-0.15, -0.1) is 4.31 Å². The van der Waals surface area contributed by atoms with Crippen LogP contribution in [0.1, 0.15) is 38.3 Å². The first kappa shape index (κ1) is 19.0. The van der Waals surface area contributed by atoms with E-state index in [1.54, 1.807) is 6.92 Å². The van der Waals surface area contributed by atoms with Crippen molar-refractivity contribution < 1.29 is 14.1 Å². The van der Waals surface area contributed by atoms with Crippen LogP contribution < -0.4 is 0 Å². The first-order chi connectivity index (χ1) is 12.7.